The fourth-order valence-corrected chi connectivity index (χ4v) is 4.22. The minimum Gasteiger partial charge on any atom is -0.313 e. The Morgan fingerprint density at radius 3 is 2.71 bits per heavy atom. The Labute approximate surface area is 161 Å². The topological polar surface area (TPSA) is 66.9 Å². The van der Waals surface area contributed by atoms with Crippen molar-refractivity contribution in [1.29, 1.82) is 0 Å². The van der Waals surface area contributed by atoms with Crippen LogP contribution in [0.1, 0.15) is 44.7 Å². The minimum atomic E-state index is -0.0875. The van der Waals surface area contributed by atoms with Crippen molar-refractivity contribution in [3.63, 3.8) is 0 Å². The Kier molecular flexibility index (Phi) is 6.61. The van der Waals surface area contributed by atoms with Crippen LogP contribution < -0.4 is 10.6 Å². The summed E-state index contributed by atoms with van der Waals surface area (Å²) in [6, 6.07) is 4.62. The number of aromatic nitrogens is 2. The van der Waals surface area contributed by atoms with E-state index >= 15 is 0 Å². The molecule has 2 fully saturated rings. The molecule has 2 N–H and O–H groups in total. The number of carbonyl (C=O) groups is 1. The summed E-state index contributed by atoms with van der Waals surface area (Å²) in [5.41, 5.74) is 0. The molecule has 2 aliphatic carbocycles. The van der Waals surface area contributed by atoms with E-state index in [0.29, 0.717) is 17.1 Å². The van der Waals surface area contributed by atoms with Gasteiger partial charge in [0.2, 0.25) is 5.13 Å². The second-order valence-electron chi connectivity index (χ2n) is 6.08. The van der Waals surface area contributed by atoms with E-state index in [4.69, 9.17) is 0 Å². The normalized spacial score (nSPS) is 21.5. The summed E-state index contributed by atoms with van der Waals surface area (Å²) in [6.45, 7) is 3.04. The Morgan fingerprint density at radius 1 is 1.25 bits per heavy atom. The highest BCUT2D eigenvalue weighted by Crippen LogP contribution is 2.44. The van der Waals surface area contributed by atoms with Gasteiger partial charge in [-0.1, -0.05) is 11.3 Å². The van der Waals surface area contributed by atoms with Gasteiger partial charge in [0.15, 0.2) is 0 Å². The van der Waals surface area contributed by atoms with Crippen molar-refractivity contribution >= 4 is 58.5 Å². The van der Waals surface area contributed by atoms with Gasteiger partial charge in [-0.3, -0.25) is 10.1 Å². The molecule has 24 heavy (non-hydrogen) atoms. The Morgan fingerprint density at radius 2 is 2.04 bits per heavy atom. The molecule has 0 aliphatic heterocycles. The van der Waals surface area contributed by atoms with Gasteiger partial charge in [-0.25, -0.2) is 0 Å². The van der Waals surface area contributed by atoms with Crippen molar-refractivity contribution in [2.45, 2.75) is 38.1 Å². The molecule has 2 aromatic rings. The van der Waals surface area contributed by atoms with Gasteiger partial charge in [-0.05, 0) is 50.8 Å². The highest BCUT2D eigenvalue weighted by Gasteiger charge is 2.40. The lowest BCUT2D eigenvalue weighted by Gasteiger charge is -2.01. The lowest BCUT2D eigenvalue weighted by atomic mass is 10.3. The first kappa shape index (κ1) is 19.6. The maximum atomic E-state index is 12.2. The van der Waals surface area contributed by atoms with E-state index in [2.05, 4.69) is 26.9 Å². The second-order valence-corrected chi connectivity index (χ2v) is 8.38. The molecule has 2 aromatic heterocycles. The second kappa shape index (κ2) is 8.10. The SMILES string of the molecule is Cc1nnc(NC(=O)c2ccc(C3CC3NCC3CC3)s2)s1.Cl.Cl. The van der Waals surface area contributed by atoms with Crippen molar-refractivity contribution in [3.8, 4) is 0 Å². The zero-order chi connectivity index (χ0) is 15.1. The first-order chi connectivity index (χ1) is 10.7. The summed E-state index contributed by atoms with van der Waals surface area (Å²) in [4.78, 5) is 14.3. The number of aryl methyl sites for hydroxylation is 1. The van der Waals surface area contributed by atoms with Crippen LogP contribution in [0, 0.1) is 12.8 Å². The number of rotatable bonds is 6. The molecule has 0 spiro atoms. The smallest absolute Gasteiger partial charge is 0.267 e. The van der Waals surface area contributed by atoms with E-state index in [1.54, 1.807) is 11.3 Å². The number of nitrogens with zero attached hydrogens (tertiary/aromatic N) is 2. The molecular weight excluding hydrogens is 387 g/mol. The number of carbonyl (C=O) groups excluding carboxylic acids is 1. The number of halogens is 2. The van der Waals surface area contributed by atoms with Gasteiger partial charge >= 0.3 is 0 Å². The Hall–Kier alpha value is -0.730. The largest absolute Gasteiger partial charge is 0.313 e. The standard InChI is InChI=1S/C15H18N4OS2.2ClH/c1-8-18-19-15(21-8)17-14(20)13-5-4-12(22-13)10-6-11(10)16-7-9-2-3-9;;/h4-5,9-11,16H,2-3,6-7H2,1H3,(H,17,19,20);2*1H. The van der Waals surface area contributed by atoms with Crippen molar-refractivity contribution in [2.75, 3.05) is 11.9 Å². The number of thiophene rings is 1. The van der Waals surface area contributed by atoms with Crippen LogP contribution in [0.3, 0.4) is 0 Å². The molecule has 4 rings (SSSR count). The third-order valence-corrected chi connectivity index (χ3v) is 6.09. The summed E-state index contributed by atoms with van der Waals surface area (Å²) in [7, 11) is 0. The first-order valence-electron chi connectivity index (χ1n) is 7.63. The van der Waals surface area contributed by atoms with Crippen LogP contribution in [0.5, 0.6) is 0 Å². The Balaban J connectivity index is 0.00000104. The van der Waals surface area contributed by atoms with E-state index in [0.717, 1.165) is 22.3 Å². The number of nitrogens with one attached hydrogen (secondary N) is 2. The van der Waals surface area contributed by atoms with Gasteiger partial charge in [-0.2, -0.15) is 0 Å². The molecule has 2 atom stereocenters. The van der Waals surface area contributed by atoms with E-state index < -0.39 is 0 Å². The van der Waals surface area contributed by atoms with Gasteiger partial charge in [0.25, 0.3) is 5.91 Å². The first-order valence-corrected chi connectivity index (χ1v) is 9.27. The highest BCUT2D eigenvalue weighted by atomic mass is 35.5. The molecule has 5 nitrogen and oxygen atoms in total. The number of amides is 1. The molecule has 0 saturated heterocycles. The highest BCUT2D eigenvalue weighted by molar-refractivity contribution is 7.16. The molecular formula is C15H20Cl2N4OS2. The average Bonchev–Trinajstić information content (AvgIpc) is 3.38. The third kappa shape index (κ3) is 4.67. The predicted octanol–water partition coefficient (Wildman–Crippen LogP) is 3.86. The van der Waals surface area contributed by atoms with E-state index in [-0.39, 0.29) is 30.7 Å². The van der Waals surface area contributed by atoms with Crippen LogP contribution >= 0.6 is 47.5 Å². The summed E-state index contributed by atoms with van der Waals surface area (Å²) >= 11 is 2.99. The molecule has 9 heteroatoms. The van der Waals surface area contributed by atoms with E-state index in [9.17, 15) is 4.79 Å². The molecule has 2 heterocycles. The molecule has 0 aromatic carbocycles. The molecule has 2 aliphatic rings. The third-order valence-electron chi connectivity index (χ3n) is 4.12. The van der Waals surface area contributed by atoms with Gasteiger partial charge in [0.1, 0.15) is 5.01 Å². The van der Waals surface area contributed by atoms with Crippen molar-refractivity contribution < 1.29 is 4.79 Å². The van der Waals surface area contributed by atoms with Crippen molar-refractivity contribution in [2.24, 2.45) is 5.92 Å². The van der Waals surface area contributed by atoms with Crippen molar-refractivity contribution in [3.05, 3.63) is 26.9 Å². The van der Waals surface area contributed by atoms with Gasteiger partial charge in [0, 0.05) is 16.8 Å². The average molecular weight is 407 g/mol. The van der Waals surface area contributed by atoms with Crippen LogP contribution in [-0.2, 0) is 0 Å². The fourth-order valence-electron chi connectivity index (χ4n) is 2.56. The summed E-state index contributed by atoms with van der Waals surface area (Å²) in [5, 5.41) is 15.7. The van der Waals surface area contributed by atoms with Crippen LogP contribution in [0.2, 0.25) is 0 Å². The fraction of sp³-hybridized carbons (Fsp3) is 0.533. The molecule has 2 saturated carbocycles. The zero-order valence-electron chi connectivity index (χ0n) is 13.2. The van der Waals surface area contributed by atoms with Crippen LogP contribution in [0.25, 0.3) is 0 Å². The lowest BCUT2D eigenvalue weighted by Crippen LogP contribution is -2.20. The zero-order valence-corrected chi connectivity index (χ0v) is 16.4. The maximum absolute atomic E-state index is 12.2. The monoisotopic (exact) mass is 406 g/mol. The van der Waals surface area contributed by atoms with Crippen LogP contribution in [-0.4, -0.2) is 28.7 Å². The lowest BCUT2D eigenvalue weighted by molar-refractivity contribution is 0.103. The number of hydrogen-bond donors (Lipinski definition) is 2. The number of anilines is 1. The Bertz CT molecular complexity index is 701. The van der Waals surface area contributed by atoms with Gasteiger partial charge in [0.05, 0.1) is 4.88 Å². The summed E-state index contributed by atoms with van der Waals surface area (Å²) in [5.74, 6) is 1.42. The number of hydrogen-bond acceptors (Lipinski definition) is 6. The van der Waals surface area contributed by atoms with E-state index in [1.165, 1.54) is 35.5 Å². The predicted molar refractivity (Wildman–Crippen MR) is 103 cm³/mol. The van der Waals surface area contributed by atoms with Crippen molar-refractivity contribution in [1.82, 2.24) is 15.5 Å². The maximum Gasteiger partial charge on any atom is 0.267 e. The molecule has 2 unspecified atom stereocenters. The van der Waals surface area contributed by atoms with Crippen LogP contribution in [0.15, 0.2) is 12.1 Å². The molecule has 0 bridgehead atoms. The molecule has 1 amide bonds. The van der Waals surface area contributed by atoms with E-state index in [1.807, 2.05) is 13.0 Å². The van der Waals surface area contributed by atoms with Gasteiger partial charge in [-0.15, -0.1) is 46.3 Å². The molecule has 0 radical (unpaired) electrons. The quantitative estimate of drug-likeness (QED) is 0.763. The molecule has 132 valence electrons. The van der Waals surface area contributed by atoms with Crippen LogP contribution in [0.4, 0.5) is 5.13 Å². The van der Waals surface area contributed by atoms with Gasteiger partial charge < -0.3 is 5.32 Å². The minimum absolute atomic E-state index is 0. The summed E-state index contributed by atoms with van der Waals surface area (Å²) < 4.78 is 0. The summed E-state index contributed by atoms with van der Waals surface area (Å²) in [6.07, 6.45) is 3.97.